The fraction of sp³-hybridized carbons (Fsp3) is 0.227. The van der Waals surface area contributed by atoms with E-state index >= 15 is 0 Å². The summed E-state index contributed by atoms with van der Waals surface area (Å²) >= 11 is 0. The quantitative estimate of drug-likeness (QED) is 0.595. The molecule has 0 radical (unpaired) electrons. The molecular formula is C22H20O2. The second kappa shape index (κ2) is 5.48. The molecule has 0 aromatic heterocycles. The molecule has 0 bridgehead atoms. The lowest BCUT2D eigenvalue weighted by molar-refractivity contribution is 0.0853. The van der Waals surface area contributed by atoms with Crippen LogP contribution in [0.25, 0.3) is 10.8 Å². The van der Waals surface area contributed by atoms with Gasteiger partial charge in [0, 0.05) is 5.39 Å². The van der Waals surface area contributed by atoms with Gasteiger partial charge in [-0.25, -0.2) is 0 Å². The van der Waals surface area contributed by atoms with Gasteiger partial charge in [0.2, 0.25) is 0 Å². The predicted octanol–water partition coefficient (Wildman–Crippen LogP) is 5.47. The van der Waals surface area contributed by atoms with Gasteiger partial charge in [0.1, 0.15) is 11.9 Å². The maximum Gasteiger partial charge on any atom is 0.170 e. The van der Waals surface area contributed by atoms with Gasteiger partial charge in [-0.15, -0.1) is 0 Å². The van der Waals surface area contributed by atoms with Crippen molar-refractivity contribution in [3.8, 4) is 5.75 Å². The van der Waals surface area contributed by atoms with Crippen LogP contribution in [0.1, 0.15) is 45.1 Å². The van der Waals surface area contributed by atoms with Crippen molar-refractivity contribution < 1.29 is 9.53 Å². The summed E-state index contributed by atoms with van der Waals surface area (Å²) in [7, 11) is 0. The molecule has 1 aliphatic heterocycles. The molecule has 24 heavy (non-hydrogen) atoms. The van der Waals surface area contributed by atoms with Crippen molar-refractivity contribution in [3.05, 3.63) is 76.3 Å². The van der Waals surface area contributed by atoms with Crippen molar-refractivity contribution >= 4 is 16.6 Å². The first-order valence-corrected chi connectivity index (χ1v) is 8.34. The Labute approximate surface area is 142 Å². The van der Waals surface area contributed by atoms with Crippen LogP contribution in [0.15, 0.2) is 48.5 Å². The summed E-state index contributed by atoms with van der Waals surface area (Å²) in [5.41, 5.74) is 5.56. The van der Waals surface area contributed by atoms with Crippen molar-refractivity contribution in [2.45, 2.75) is 33.3 Å². The van der Waals surface area contributed by atoms with Crippen LogP contribution in [0, 0.1) is 20.8 Å². The number of ketones is 1. The number of rotatable bonds is 1. The van der Waals surface area contributed by atoms with Crippen molar-refractivity contribution in [2.24, 2.45) is 0 Å². The molecule has 1 atom stereocenters. The highest BCUT2D eigenvalue weighted by atomic mass is 16.5. The molecule has 0 aliphatic carbocycles. The number of aryl methyl sites for hydroxylation is 2. The van der Waals surface area contributed by atoms with Gasteiger partial charge in [-0.2, -0.15) is 0 Å². The van der Waals surface area contributed by atoms with E-state index in [2.05, 4.69) is 32.9 Å². The van der Waals surface area contributed by atoms with E-state index < -0.39 is 0 Å². The predicted molar refractivity (Wildman–Crippen MR) is 96.9 cm³/mol. The number of ether oxygens (including phenoxy) is 1. The summed E-state index contributed by atoms with van der Waals surface area (Å²) in [6.45, 7) is 6.35. The largest absolute Gasteiger partial charge is 0.484 e. The highest BCUT2D eigenvalue weighted by Crippen LogP contribution is 2.40. The first kappa shape index (κ1) is 14.9. The number of hydrogen-bond acceptors (Lipinski definition) is 2. The zero-order valence-corrected chi connectivity index (χ0v) is 14.2. The van der Waals surface area contributed by atoms with Gasteiger partial charge in [0.15, 0.2) is 5.78 Å². The van der Waals surface area contributed by atoms with E-state index in [1.54, 1.807) is 0 Å². The number of Topliss-reactive ketones (excluding diaryl/α,β-unsaturated/α-hetero) is 1. The van der Waals surface area contributed by atoms with Gasteiger partial charge in [-0.05, 0) is 54.5 Å². The minimum atomic E-state index is -0.214. The van der Waals surface area contributed by atoms with Gasteiger partial charge in [0.25, 0.3) is 0 Å². The summed E-state index contributed by atoms with van der Waals surface area (Å²) in [6, 6.07) is 16.2. The molecule has 1 aliphatic rings. The second-order valence-electron chi connectivity index (χ2n) is 6.68. The molecule has 0 spiro atoms. The molecular weight excluding hydrogens is 296 g/mol. The lowest BCUT2D eigenvalue weighted by Crippen LogP contribution is -2.21. The molecule has 2 heteroatoms. The molecule has 2 nitrogen and oxygen atoms in total. The normalized spacial score (nSPS) is 16.8. The molecule has 1 heterocycles. The summed E-state index contributed by atoms with van der Waals surface area (Å²) in [4.78, 5) is 12.7. The summed E-state index contributed by atoms with van der Waals surface area (Å²) in [5.74, 6) is 0.883. The Hall–Kier alpha value is -2.61. The van der Waals surface area contributed by atoms with E-state index in [0.717, 1.165) is 22.1 Å². The standard InChI is InChI=1S/C22H20O2/c1-13-10-17(11-14(2)15(13)3)21-12-20(23)19-9-8-16-6-4-5-7-18(16)22(19)24-21/h4-11,21H,12H2,1-3H3. The first-order chi connectivity index (χ1) is 11.5. The Morgan fingerprint density at radius 3 is 2.42 bits per heavy atom. The topological polar surface area (TPSA) is 26.3 Å². The molecule has 120 valence electrons. The van der Waals surface area contributed by atoms with Crippen LogP contribution < -0.4 is 4.74 Å². The van der Waals surface area contributed by atoms with E-state index in [1.807, 2.05) is 36.4 Å². The smallest absolute Gasteiger partial charge is 0.170 e. The van der Waals surface area contributed by atoms with Gasteiger partial charge in [0.05, 0.1) is 12.0 Å². The van der Waals surface area contributed by atoms with Gasteiger partial charge in [-0.1, -0.05) is 42.5 Å². The summed E-state index contributed by atoms with van der Waals surface area (Å²) in [6.07, 6.45) is 0.182. The van der Waals surface area contributed by atoms with Gasteiger partial charge >= 0.3 is 0 Å². The molecule has 0 saturated heterocycles. The van der Waals surface area contributed by atoms with E-state index in [0.29, 0.717) is 12.0 Å². The zero-order chi connectivity index (χ0) is 16.8. The Balaban J connectivity index is 1.84. The van der Waals surface area contributed by atoms with E-state index in [1.165, 1.54) is 16.7 Å². The van der Waals surface area contributed by atoms with Crippen molar-refractivity contribution in [1.29, 1.82) is 0 Å². The molecule has 0 saturated carbocycles. The monoisotopic (exact) mass is 316 g/mol. The summed E-state index contributed by atoms with van der Waals surface area (Å²) in [5, 5.41) is 2.11. The second-order valence-corrected chi connectivity index (χ2v) is 6.68. The number of carbonyl (C=O) groups is 1. The molecule has 0 fully saturated rings. The fourth-order valence-corrected chi connectivity index (χ4v) is 3.49. The van der Waals surface area contributed by atoms with Crippen LogP contribution in [0.5, 0.6) is 5.75 Å². The molecule has 3 aromatic carbocycles. The molecule has 0 N–H and O–H groups in total. The van der Waals surface area contributed by atoms with Crippen LogP contribution in [0.2, 0.25) is 0 Å². The first-order valence-electron chi connectivity index (χ1n) is 8.34. The van der Waals surface area contributed by atoms with E-state index in [4.69, 9.17) is 4.74 Å². The minimum Gasteiger partial charge on any atom is -0.484 e. The maximum absolute atomic E-state index is 12.7. The fourth-order valence-electron chi connectivity index (χ4n) is 3.49. The number of hydrogen-bond donors (Lipinski definition) is 0. The Bertz CT molecular complexity index is 946. The third-order valence-electron chi connectivity index (χ3n) is 5.13. The lowest BCUT2D eigenvalue weighted by Gasteiger charge is -2.27. The van der Waals surface area contributed by atoms with Crippen molar-refractivity contribution in [1.82, 2.24) is 0 Å². The highest BCUT2D eigenvalue weighted by Gasteiger charge is 2.29. The minimum absolute atomic E-state index is 0.155. The van der Waals surface area contributed by atoms with Gasteiger partial charge in [-0.3, -0.25) is 4.79 Å². The van der Waals surface area contributed by atoms with E-state index in [9.17, 15) is 4.79 Å². The molecule has 3 aromatic rings. The number of benzene rings is 3. The zero-order valence-electron chi connectivity index (χ0n) is 14.2. The maximum atomic E-state index is 12.7. The van der Waals surface area contributed by atoms with Crippen LogP contribution in [0.3, 0.4) is 0 Å². The SMILES string of the molecule is Cc1cc(C2CC(=O)c3ccc4ccccc4c3O2)cc(C)c1C. The van der Waals surface area contributed by atoms with Crippen LogP contribution >= 0.6 is 0 Å². The lowest BCUT2D eigenvalue weighted by atomic mass is 9.91. The molecule has 4 rings (SSSR count). The van der Waals surface area contributed by atoms with Crippen LogP contribution in [-0.4, -0.2) is 5.78 Å². The molecule has 0 amide bonds. The third kappa shape index (κ3) is 2.30. The van der Waals surface area contributed by atoms with E-state index in [-0.39, 0.29) is 11.9 Å². The number of fused-ring (bicyclic) bond motifs is 3. The average Bonchev–Trinajstić information content (AvgIpc) is 2.59. The van der Waals surface area contributed by atoms with Crippen molar-refractivity contribution in [3.63, 3.8) is 0 Å². The molecule has 1 unspecified atom stereocenters. The Morgan fingerprint density at radius 2 is 1.67 bits per heavy atom. The highest BCUT2D eigenvalue weighted by molar-refractivity contribution is 6.06. The third-order valence-corrected chi connectivity index (χ3v) is 5.13. The van der Waals surface area contributed by atoms with Crippen LogP contribution in [0.4, 0.5) is 0 Å². The average molecular weight is 316 g/mol. The van der Waals surface area contributed by atoms with Crippen LogP contribution in [-0.2, 0) is 0 Å². The Kier molecular flexibility index (Phi) is 3.42. The van der Waals surface area contributed by atoms with Gasteiger partial charge < -0.3 is 4.74 Å². The Morgan fingerprint density at radius 1 is 0.958 bits per heavy atom. The summed E-state index contributed by atoms with van der Waals surface area (Å²) < 4.78 is 6.33. The van der Waals surface area contributed by atoms with Crippen molar-refractivity contribution in [2.75, 3.05) is 0 Å². The number of carbonyl (C=O) groups excluding carboxylic acids is 1.